The normalized spacial score (nSPS) is 10.8. The Kier molecular flexibility index (Phi) is 5.61. The first-order valence-corrected chi connectivity index (χ1v) is 8.32. The van der Waals surface area contributed by atoms with Gasteiger partial charge in [-0.2, -0.15) is 0 Å². The molecule has 5 heteroatoms. The fourth-order valence-corrected chi connectivity index (χ4v) is 2.67. The molecule has 0 saturated heterocycles. The Hall–Kier alpha value is -3.47. The van der Waals surface area contributed by atoms with Gasteiger partial charge in [0.15, 0.2) is 0 Å². The van der Waals surface area contributed by atoms with Gasteiger partial charge in [0.1, 0.15) is 23.0 Å². The Morgan fingerprint density at radius 1 is 0.741 bits per heavy atom. The van der Waals surface area contributed by atoms with Gasteiger partial charge in [0.05, 0.1) is 21.3 Å². The van der Waals surface area contributed by atoms with Gasteiger partial charge in [-0.25, -0.2) is 4.79 Å². The summed E-state index contributed by atoms with van der Waals surface area (Å²) in [5.74, 6) is 2.03. The Morgan fingerprint density at radius 2 is 1.37 bits per heavy atom. The van der Waals surface area contributed by atoms with E-state index in [0.717, 1.165) is 22.1 Å². The summed E-state index contributed by atoms with van der Waals surface area (Å²) in [5.41, 5.74) is 0.719. The van der Waals surface area contributed by atoms with E-state index >= 15 is 0 Å². The lowest BCUT2D eigenvalue weighted by molar-refractivity contribution is -0.128. The summed E-state index contributed by atoms with van der Waals surface area (Å²) in [5, 5.41) is 1.96. The highest BCUT2D eigenvalue weighted by atomic mass is 16.5. The predicted molar refractivity (Wildman–Crippen MR) is 105 cm³/mol. The van der Waals surface area contributed by atoms with Crippen molar-refractivity contribution in [3.05, 3.63) is 66.2 Å². The fraction of sp³-hybridized carbons (Fsp3) is 0.136. The molecule has 3 rings (SSSR count). The summed E-state index contributed by atoms with van der Waals surface area (Å²) in [4.78, 5) is 12.2. The van der Waals surface area contributed by atoms with Gasteiger partial charge in [0.25, 0.3) is 0 Å². The van der Waals surface area contributed by atoms with Gasteiger partial charge in [-0.15, -0.1) is 0 Å². The maximum Gasteiger partial charge on any atom is 0.336 e. The van der Waals surface area contributed by atoms with Crippen molar-refractivity contribution in [1.29, 1.82) is 0 Å². The van der Waals surface area contributed by atoms with Gasteiger partial charge in [-0.3, -0.25) is 0 Å². The molecule has 0 saturated carbocycles. The highest BCUT2D eigenvalue weighted by Gasteiger charge is 2.06. The smallest absolute Gasteiger partial charge is 0.336 e. The minimum atomic E-state index is -0.484. The molecule has 0 aromatic heterocycles. The van der Waals surface area contributed by atoms with E-state index in [1.54, 1.807) is 57.7 Å². The molecule has 0 atom stereocenters. The summed E-state index contributed by atoms with van der Waals surface area (Å²) in [6.07, 6.45) is 2.99. The number of fused-ring (bicyclic) bond motifs is 1. The average molecular weight is 364 g/mol. The molecule has 27 heavy (non-hydrogen) atoms. The molecule has 0 aliphatic rings. The first kappa shape index (κ1) is 18.3. The fourth-order valence-electron chi connectivity index (χ4n) is 2.67. The lowest BCUT2D eigenvalue weighted by Crippen LogP contribution is -2.03. The van der Waals surface area contributed by atoms with Crippen molar-refractivity contribution in [2.24, 2.45) is 0 Å². The van der Waals surface area contributed by atoms with Crippen molar-refractivity contribution in [2.45, 2.75) is 0 Å². The number of carbonyl (C=O) groups excluding carboxylic acids is 1. The second-order valence-corrected chi connectivity index (χ2v) is 5.74. The second kappa shape index (κ2) is 8.27. The summed E-state index contributed by atoms with van der Waals surface area (Å²) < 4.78 is 21.1. The van der Waals surface area contributed by atoms with Gasteiger partial charge in [0, 0.05) is 11.6 Å². The first-order chi connectivity index (χ1) is 13.1. The third-order valence-corrected chi connectivity index (χ3v) is 4.07. The van der Waals surface area contributed by atoms with Gasteiger partial charge in [-0.05, 0) is 59.3 Å². The summed E-state index contributed by atoms with van der Waals surface area (Å²) in [6, 6.07) is 16.5. The molecular formula is C22H20O5. The third-order valence-electron chi connectivity index (χ3n) is 4.07. The number of hydrogen-bond acceptors (Lipinski definition) is 5. The number of rotatable bonds is 6. The van der Waals surface area contributed by atoms with Crippen LogP contribution in [0.25, 0.3) is 16.8 Å². The zero-order valence-electron chi connectivity index (χ0n) is 15.4. The molecule has 0 radical (unpaired) electrons. The Balaban J connectivity index is 1.77. The van der Waals surface area contributed by atoms with E-state index < -0.39 is 5.97 Å². The number of benzene rings is 3. The van der Waals surface area contributed by atoms with Crippen LogP contribution in [0, 0.1) is 0 Å². The van der Waals surface area contributed by atoms with Gasteiger partial charge in [0.2, 0.25) is 0 Å². The SMILES string of the molecule is COc1ccc(OC)c(/C=C/C(=O)Oc2ccc3ccc(OC)cc3c2)c1. The maximum atomic E-state index is 12.2. The molecule has 0 N–H and O–H groups in total. The molecular weight excluding hydrogens is 344 g/mol. The quantitative estimate of drug-likeness (QED) is 0.367. The highest BCUT2D eigenvalue weighted by Crippen LogP contribution is 2.26. The second-order valence-electron chi connectivity index (χ2n) is 5.74. The van der Waals surface area contributed by atoms with E-state index in [4.69, 9.17) is 18.9 Å². The van der Waals surface area contributed by atoms with Crippen LogP contribution in [-0.4, -0.2) is 27.3 Å². The highest BCUT2D eigenvalue weighted by molar-refractivity contribution is 5.91. The van der Waals surface area contributed by atoms with Gasteiger partial charge < -0.3 is 18.9 Å². The third kappa shape index (κ3) is 4.39. The Morgan fingerprint density at radius 3 is 2.07 bits per heavy atom. The van der Waals surface area contributed by atoms with E-state index in [-0.39, 0.29) is 0 Å². The van der Waals surface area contributed by atoms with E-state index in [1.807, 2.05) is 24.3 Å². The lowest BCUT2D eigenvalue weighted by atomic mass is 10.1. The van der Waals surface area contributed by atoms with Gasteiger partial charge >= 0.3 is 5.97 Å². The molecule has 5 nitrogen and oxygen atoms in total. The van der Waals surface area contributed by atoms with E-state index in [2.05, 4.69) is 0 Å². The molecule has 0 bridgehead atoms. The molecule has 0 unspecified atom stereocenters. The largest absolute Gasteiger partial charge is 0.497 e. The Bertz CT molecular complexity index is 991. The van der Waals surface area contributed by atoms with Crippen molar-refractivity contribution < 1.29 is 23.7 Å². The molecule has 0 spiro atoms. The molecule has 138 valence electrons. The van der Waals surface area contributed by atoms with Crippen LogP contribution in [0.3, 0.4) is 0 Å². The number of carbonyl (C=O) groups is 1. The van der Waals surface area contributed by atoms with Crippen molar-refractivity contribution >= 4 is 22.8 Å². The average Bonchev–Trinajstić information content (AvgIpc) is 2.71. The van der Waals surface area contributed by atoms with Crippen LogP contribution in [0.5, 0.6) is 23.0 Å². The maximum absolute atomic E-state index is 12.2. The van der Waals surface area contributed by atoms with Crippen molar-refractivity contribution in [3.8, 4) is 23.0 Å². The zero-order chi connectivity index (χ0) is 19.2. The minimum Gasteiger partial charge on any atom is -0.497 e. The molecule has 0 aliphatic carbocycles. The summed E-state index contributed by atoms with van der Waals surface area (Å²) in [6.45, 7) is 0. The van der Waals surface area contributed by atoms with Crippen LogP contribution >= 0.6 is 0 Å². The summed E-state index contributed by atoms with van der Waals surface area (Å²) >= 11 is 0. The molecule has 0 fully saturated rings. The van der Waals surface area contributed by atoms with Crippen molar-refractivity contribution in [1.82, 2.24) is 0 Å². The van der Waals surface area contributed by atoms with Crippen LogP contribution < -0.4 is 18.9 Å². The van der Waals surface area contributed by atoms with E-state index in [9.17, 15) is 4.79 Å². The van der Waals surface area contributed by atoms with Crippen LogP contribution in [0.2, 0.25) is 0 Å². The molecule has 0 aliphatic heterocycles. The molecule has 3 aromatic carbocycles. The number of esters is 1. The number of methoxy groups -OCH3 is 3. The zero-order valence-corrected chi connectivity index (χ0v) is 15.4. The standard InChI is InChI=1S/C22H20O5/c1-24-18-7-4-15-5-8-20(14-17(15)13-18)27-22(23)11-6-16-12-19(25-2)9-10-21(16)26-3/h4-14H,1-3H3/b11-6+. The van der Waals surface area contributed by atoms with Crippen LogP contribution in [0.4, 0.5) is 0 Å². The minimum absolute atomic E-state index is 0.461. The molecule has 3 aromatic rings. The lowest BCUT2D eigenvalue weighted by Gasteiger charge is -2.07. The van der Waals surface area contributed by atoms with Crippen LogP contribution in [0.15, 0.2) is 60.7 Å². The summed E-state index contributed by atoms with van der Waals surface area (Å²) in [7, 11) is 4.77. The first-order valence-electron chi connectivity index (χ1n) is 8.32. The van der Waals surface area contributed by atoms with E-state index in [0.29, 0.717) is 17.2 Å². The van der Waals surface area contributed by atoms with Crippen LogP contribution in [0.1, 0.15) is 5.56 Å². The molecule has 0 heterocycles. The van der Waals surface area contributed by atoms with E-state index in [1.165, 1.54) is 6.08 Å². The monoisotopic (exact) mass is 364 g/mol. The molecule has 0 amide bonds. The Labute approximate surface area is 157 Å². The van der Waals surface area contributed by atoms with Crippen LogP contribution in [-0.2, 0) is 4.79 Å². The predicted octanol–water partition coefficient (Wildman–Crippen LogP) is 4.48. The number of hydrogen-bond donors (Lipinski definition) is 0. The van der Waals surface area contributed by atoms with Gasteiger partial charge in [-0.1, -0.05) is 12.1 Å². The van der Waals surface area contributed by atoms with Crippen molar-refractivity contribution in [2.75, 3.05) is 21.3 Å². The topological polar surface area (TPSA) is 54.0 Å². The van der Waals surface area contributed by atoms with Crippen molar-refractivity contribution in [3.63, 3.8) is 0 Å². The number of ether oxygens (including phenoxy) is 4.